The summed E-state index contributed by atoms with van der Waals surface area (Å²) in [4.78, 5) is 36.3. The largest absolute Gasteiger partial charge is 0.391 e. The minimum atomic E-state index is -1.09. The quantitative estimate of drug-likeness (QED) is 0.263. The molecule has 0 bridgehead atoms. The van der Waals surface area contributed by atoms with Crippen molar-refractivity contribution < 1.29 is 19.8 Å². The van der Waals surface area contributed by atoms with Crippen LogP contribution in [0.3, 0.4) is 0 Å². The molecule has 2 aromatic carbocycles. The number of aliphatic hydroxyl groups is 2. The van der Waals surface area contributed by atoms with Gasteiger partial charge < -0.3 is 20.8 Å². The zero-order valence-electron chi connectivity index (χ0n) is 26.6. The van der Waals surface area contributed by atoms with Crippen LogP contribution in [0.25, 0.3) is 0 Å². The molecule has 240 valence electrons. The highest BCUT2D eigenvalue weighted by atomic mass is 16.3. The monoisotopic (exact) mass is 613 g/mol. The number of nitrogens with one attached hydrogen (secondary N) is 2. The predicted octanol–water partition coefficient (Wildman–Crippen LogP) is 2.87. The van der Waals surface area contributed by atoms with Crippen LogP contribution < -0.4 is 10.6 Å². The van der Waals surface area contributed by atoms with Crippen LogP contribution in [0, 0.1) is 5.92 Å². The van der Waals surface area contributed by atoms with E-state index in [0.717, 1.165) is 41.9 Å². The molecule has 1 saturated heterocycles. The Balaban J connectivity index is 1.33. The van der Waals surface area contributed by atoms with E-state index < -0.39 is 35.7 Å². The number of carbonyl (C=O) groups is 2. The van der Waals surface area contributed by atoms with Crippen molar-refractivity contribution in [3.63, 3.8) is 0 Å². The smallest absolute Gasteiger partial charge is 0.240 e. The molecule has 2 heterocycles. The topological polar surface area (TPSA) is 118 Å². The number of pyridine rings is 1. The van der Waals surface area contributed by atoms with Gasteiger partial charge in [0, 0.05) is 63.0 Å². The molecule has 0 radical (unpaired) electrons. The van der Waals surface area contributed by atoms with Gasteiger partial charge in [0.1, 0.15) is 6.04 Å². The first-order valence-corrected chi connectivity index (χ1v) is 16.0. The van der Waals surface area contributed by atoms with E-state index >= 15 is 0 Å². The van der Waals surface area contributed by atoms with Crippen LogP contribution in [-0.2, 0) is 29.0 Å². The maximum Gasteiger partial charge on any atom is 0.240 e. The standard InChI is InChI=1S/C36H47N5O4/c1-36(2,3)39-35(45)33(41-18-16-40(17-19-41)24-26-12-9-15-37-23-26)31(43)22-28(20-25-10-5-4-6-11-25)34(44)38-32-29-14-8-7-13-27(29)21-30(32)42/h4-15,23,28,30-33,42-43H,16-22,24H2,1-3H3,(H,38,44)(H,39,45). The van der Waals surface area contributed by atoms with Crippen LogP contribution in [-0.4, -0.2) is 86.8 Å². The number of amides is 2. The number of rotatable bonds is 11. The predicted molar refractivity (Wildman–Crippen MR) is 174 cm³/mol. The second-order valence-electron chi connectivity index (χ2n) is 13.5. The summed E-state index contributed by atoms with van der Waals surface area (Å²) in [6.45, 7) is 9.27. The van der Waals surface area contributed by atoms with Crippen molar-refractivity contribution in [1.29, 1.82) is 0 Å². The van der Waals surface area contributed by atoms with E-state index in [9.17, 15) is 19.8 Å². The number of benzene rings is 2. The van der Waals surface area contributed by atoms with E-state index in [1.165, 1.54) is 0 Å². The van der Waals surface area contributed by atoms with Crippen molar-refractivity contribution >= 4 is 11.8 Å². The molecule has 4 N–H and O–H groups in total. The lowest BCUT2D eigenvalue weighted by Gasteiger charge is -2.41. The molecule has 5 atom stereocenters. The minimum absolute atomic E-state index is 0.101. The SMILES string of the molecule is CC(C)(C)NC(=O)C(C(O)CC(Cc1ccccc1)C(=O)NC1c2ccccc2CC1O)N1CCN(Cc2cccnc2)CC1. The molecule has 9 nitrogen and oxygen atoms in total. The maximum absolute atomic E-state index is 13.9. The van der Waals surface area contributed by atoms with Gasteiger partial charge in [0.05, 0.1) is 18.2 Å². The highest BCUT2D eigenvalue weighted by molar-refractivity contribution is 5.84. The Bertz CT molecular complexity index is 1410. The summed E-state index contributed by atoms with van der Waals surface area (Å²) in [6.07, 6.45) is 2.82. The highest BCUT2D eigenvalue weighted by Gasteiger charge is 2.39. The molecule has 2 amide bonds. The first kappa shape index (κ1) is 32.8. The lowest BCUT2D eigenvalue weighted by molar-refractivity contribution is -0.136. The lowest BCUT2D eigenvalue weighted by Crippen LogP contribution is -2.61. The molecule has 1 aromatic heterocycles. The average molecular weight is 614 g/mol. The molecule has 1 fully saturated rings. The second-order valence-corrected chi connectivity index (χ2v) is 13.5. The number of aliphatic hydroxyl groups excluding tert-OH is 2. The fourth-order valence-electron chi connectivity index (χ4n) is 6.60. The summed E-state index contributed by atoms with van der Waals surface area (Å²) in [7, 11) is 0. The second kappa shape index (κ2) is 14.6. The highest BCUT2D eigenvalue weighted by Crippen LogP contribution is 2.32. The summed E-state index contributed by atoms with van der Waals surface area (Å²) >= 11 is 0. The minimum Gasteiger partial charge on any atom is -0.391 e. The molecule has 1 aliphatic heterocycles. The molecular weight excluding hydrogens is 566 g/mol. The molecule has 5 unspecified atom stereocenters. The Hall–Kier alpha value is -3.63. The number of hydrogen-bond acceptors (Lipinski definition) is 7. The van der Waals surface area contributed by atoms with E-state index in [1.54, 1.807) is 6.20 Å². The Morgan fingerprint density at radius 3 is 2.31 bits per heavy atom. The molecule has 0 spiro atoms. The van der Waals surface area contributed by atoms with Crippen LogP contribution in [0.4, 0.5) is 0 Å². The Labute approximate surface area is 266 Å². The first-order chi connectivity index (χ1) is 21.6. The van der Waals surface area contributed by atoms with Gasteiger partial charge >= 0.3 is 0 Å². The van der Waals surface area contributed by atoms with E-state index in [4.69, 9.17) is 0 Å². The Morgan fingerprint density at radius 2 is 1.62 bits per heavy atom. The van der Waals surface area contributed by atoms with Crippen molar-refractivity contribution in [2.45, 2.75) is 76.4 Å². The molecule has 45 heavy (non-hydrogen) atoms. The summed E-state index contributed by atoms with van der Waals surface area (Å²) in [5, 5.41) is 28.9. The van der Waals surface area contributed by atoms with Gasteiger partial charge in [-0.25, -0.2) is 0 Å². The molecule has 9 heteroatoms. The van der Waals surface area contributed by atoms with Crippen LogP contribution >= 0.6 is 0 Å². The Morgan fingerprint density at radius 1 is 0.933 bits per heavy atom. The lowest BCUT2D eigenvalue weighted by atomic mass is 9.88. The summed E-state index contributed by atoms with van der Waals surface area (Å²) in [6, 6.07) is 20.2. The van der Waals surface area contributed by atoms with Crippen molar-refractivity contribution in [1.82, 2.24) is 25.4 Å². The van der Waals surface area contributed by atoms with Gasteiger partial charge in [0.15, 0.2) is 0 Å². The summed E-state index contributed by atoms with van der Waals surface area (Å²) in [5.41, 5.74) is 3.57. The van der Waals surface area contributed by atoms with Gasteiger partial charge in [-0.1, -0.05) is 60.7 Å². The van der Waals surface area contributed by atoms with Gasteiger partial charge in [-0.15, -0.1) is 0 Å². The molecule has 1 aliphatic carbocycles. The molecular formula is C36H47N5O4. The van der Waals surface area contributed by atoms with Crippen molar-refractivity contribution in [2.24, 2.45) is 5.92 Å². The maximum atomic E-state index is 13.9. The molecule has 0 saturated carbocycles. The van der Waals surface area contributed by atoms with Gasteiger partial charge in [0.25, 0.3) is 0 Å². The molecule has 3 aromatic rings. The van der Waals surface area contributed by atoms with Gasteiger partial charge in [-0.05, 0) is 61.9 Å². The zero-order valence-corrected chi connectivity index (χ0v) is 26.6. The average Bonchev–Trinajstić information content (AvgIpc) is 3.32. The third kappa shape index (κ3) is 8.76. The van der Waals surface area contributed by atoms with Crippen LogP contribution in [0.5, 0.6) is 0 Å². The van der Waals surface area contributed by atoms with Crippen LogP contribution in [0.1, 0.15) is 55.5 Å². The number of nitrogens with zero attached hydrogens (tertiary/aromatic N) is 3. The third-order valence-electron chi connectivity index (χ3n) is 8.78. The number of hydrogen-bond donors (Lipinski definition) is 4. The van der Waals surface area contributed by atoms with E-state index in [-0.39, 0.29) is 18.2 Å². The van der Waals surface area contributed by atoms with Crippen LogP contribution in [0.15, 0.2) is 79.1 Å². The summed E-state index contributed by atoms with van der Waals surface area (Å²) < 4.78 is 0. The van der Waals surface area contributed by atoms with E-state index in [0.29, 0.717) is 25.9 Å². The summed E-state index contributed by atoms with van der Waals surface area (Å²) in [5.74, 6) is -1.09. The first-order valence-electron chi connectivity index (χ1n) is 16.0. The number of fused-ring (bicyclic) bond motifs is 1. The number of aromatic nitrogens is 1. The fraction of sp³-hybridized carbons (Fsp3) is 0.472. The van der Waals surface area contributed by atoms with Gasteiger partial charge in [0.2, 0.25) is 11.8 Å². The molecule has 2 aliphatic rings. The van der Waals surface area contributed by atoms with Crippen molar-refractivity contribution in [3.8, 4) is 0 Å². The third-order valence-corrected chi connectivity index (χ3v) is 8.78. The number of piperazine rings is 1. The zero-order chi connectivity index (χ0) is 32.0. The normalized spacial score (nSPS) is 21.0. The van der Waals surface area contributed by atoms with Gasteiger partial charge in [-0.2, -0.15) is 0 Å². The van der Waals surface area contributed by atoms with Crippen molar-refractivity contribution in [2.75, 3.05) is 26.2 Å². The van der Waals surface area contributed by atoms with Gasteiger partial charge in [-0.3, -0.25) is 24.4 Å². The molecule has 5 rings (SSSR count). The fourth-order valence-corrected chi connectivity index (χ4v) is 6.60. The number of carbonyl (C=O) groups excluding carboxylic acids is 2. The van der Waals surface area contributed by atoms with E-state index in [1.807, 2.05) is 87.6 Å². The van der Waals surface area contributed by atoms with E-state index in [2.05, 4.69) is 31.5 Å². The van der Waals surface area contributed by atoms with Crippen molar-refractivity contribution in [3.05, 3.63) is 101 Å². The van der Waals surface area contributed by atoms with Crippen LogP contribution in [0.2, 0.25) is 0 Å². The Kier molecular flexibility index (Phi) is 10.7.